The fraction of sp³-hybridized carbons (Fsp3) is 0.370. The highest BCUT2D eigenvalue weighted by Gasteiger charge is 2.28. The van der Waals surface area contributed by atoms with Crippen molar-refractivity contribution in [3.63, 3.8) is 0 Å². The van der Waals surface area contributed by atoms with Crippen LogP contribution in [0.4, 0.5) is 4.39 Å². The average Bonchev–Trinajstić information content (AvgIpc) is 3.29. The fourth-order valence-electron chi connectivity index (χ4n) is 3.83. The second-order valence-corrected chi connectivity index (χ2v) is 8.34. The van der Waals surface area contributed by atoms with Crippen molar-refractivity contribution in [2.75, 3.05) is 27.2 Å². The Morgan fingerprint density at radius 2 is 1.79 bits per heavy atom. The van der Waals surface area contributed by atoms with E-state index < -0.39 is 0 Å². The standard InChI is InChI=1S/C19H23FN4O.C8H10O/c1-4-22-18(21-2)16-17(13-9-11-24(3)12-10-13)25-19(23-16)14-5-7-15(20)8-6-14;1-7(9)8-5-3-2-4-6-8/h4-8,13H,9-12H2,1-3H3;2-7,9H,1H3. The minimum Gasteiger partial charge on any atom is -0.440 e. The molecule has 0 amide bonds. The third kappa shape index (κ3) is 6.68. The maximum atomic E-state index is 13.2. The first-order valence-electron chi connectivity index (χ1n) is 11.6. The van der Waals surface area contributed by atoms with Gasteiger partial charge in [-0.05, 0) is 76.7 Å². The first kappa shape index (κ1) is 25.5. The molecule has 1 aromatic heterocycles. The third-order valence-electron chi connectivity index (χ3n) is 5.79. The number of hydrogen-bond acceptors (Lipinski definition) is 5. The largest absolute Gasteiger partial charge is 0.440 e. The summed E-state index contributed by atoms with van der Waals surface area (Å²) in [5, 5.41) is 9.02. The predicted molar refractivity (Wildman–Crippen MR) is 135 cm³/mol. The van der Waals surface area contributed by atoms with E-state index in [-0.39, 0.29) is 17.8 Å². The molecule has 0 spiro atoms. The molecule has 2 aromatic carbocycles. The van der Waals surface area contributed by atoms with E-state index in [1.54, 1.807) is 32.3 Å². The average molecular weight is 465 g/mol. The van der Waals surface area contributed by atoms with Crippen molar-refractivity contribution >= 4 is 12.1 Å². The third-order valence-corrected chi connectivity index (χ3v) is 5.79. The number of halogens is 1. The van der Waals surface area contributed by atoms with Gasteiger partial charge in [0.15, 0.2) is 5.84 Å². The summed E-state index contributed by atoms with van der Waals surface area (Å²) in [6.45, 7) is 5.65. The summed E-state index contributed by atoms with van der Waals surface area (Å²) in [4.78, 5) is 15.6. The quantitative estimate of drug-likeness (QED) is 0.409. The summed E-state index contributed by atoms with van der Waals surface area (Å²) in [6.07, 6.45) is 3.38. The van der Waals surface area contributed by atoms with Gasteiger partial charge in [0.25, 0.3) is 0 Å². The van der Waals surface area contributed by atoms with E-state index in [1.165, 1.54) is 12.1 Å². The molecule has 1 fully saturated rings. The van der Waals surface area contributed by atoms with Gasteiger partial charge >= 0.3 is 0 Å². The number of rotatable bonds is 4. The zero-order chi connectivity index (χ0) is 24.5. The lowest BCUT2D eigenvalue weighted by Gasteiger charge is -2.27. The molecule has 0 saturated carbocycles. The number of aliphatic imine (C=N–C) groups is 2. The van der Waals surface area contributed by atoms with E-state index in [9.17, 15) is 4.39 Å². The molecule has 6 nitrogen and oxygen atoms in total. The van der Waals surface area contributed by atoms with Crippen LogP contribution in [-0.4, -0.2) is 54.2 Å². The first-order valence-corrected chi connectivity index (χ1v) is 11.6. The highest BCUT2D eigenvalue weighted by molar-refractivity contribution is 6.02. The smallest absolute Gasteiger partial charge is 0.227 e. The zero-order valence-electron chi connectivity index (χ0n) is 20.3. The summed E-state index contributed by atoms with van der Waals surface area (Å²) in [6, 6.07) is 15.8. The maximum absolute atomic E-state index is 13.2. The van der Waals surface area contributed by atoms with Gasteiger partial charge in [0.2, 0.25) is 5.89 Å². The molecule has 2 heterocycles. The number of aliphatic hydroxyl groups excluding tert-OH is 1. The number of aromatic nitrogens is 1. The summed E-state index contributed by atoms with van der Waals surface area (Å²) in [7, 11) is 3.83. The lowest BCUT2D eigenvalue weighted by Crippen LogP contribution is -2.29. The van der Waals surface area contributed by atoms with Crippen molar-refractivity contribution in [3.05, 3.63) is 77.4 Å². The number of likely N-dealkylation sites (tertiary alicyclic amines) is 1. The Balaban J connectivity index is 0.000000302. The van der Waals surface area contributed by atoms with Gasteiger partial charge in [0.05, 0.1) is 6.10 Å². The normalized spacial score (nSPS) is 16.4. The number of piperidine rings is 1. The van der Waals surface area contributed by atoms with Crippen LogP contribution in [0, 0.1) is 5.82 Å². The molecule has 1 N–H and O–H groups in total. The van der Waals surface area contributed by atoms with E-state index in [0.29, 0.717) is 17.4 Å². The van der Waals surface area contributed by atoms with Gasteiger partial charge in [-0.25, -0.2) is 14.4 Å². The van der Waals surface area contributed by atoms with E-state index in [0.717, 1.165) is 42.8 Å². The molecule has 0 bridgehead atoms. The van der Waals surface area contributed by atoms with E-state index in [1.807, 2.05) is 37.3 Å². The molecule has 1 saturated heterocycles. The summed E-state index contributed by atoms with van der Waals surface area (Å²) in [5.41, 5.74) is 2.41. The molecule has 3 aromatic rings. The number of oxazole rings is 1. The number of amidine groups is 1. The van der Waals surface area contributed by atoms with Crippen LogP contribution in [0.25, 0.3) is 11.5 Å². The molecule has 180 valence electrons. The van der Waals surface area contributed by atoms with E-state index >= 15 is 0 Å². The maximum Gasteiger partial charge on any atom is 0.227 e. The fourth-order valence-corrected chi connectivity index (χ4v) is 3.83. The van der Waals surface area contributed by atoms with Crippen molar-refractivity contribution in [3.8, 4) is 11.5 Å². The number of hydrogen-bond donors (Lipinski definition) is 1. The lowest BCUT2D eigenvalue weighted by atomic mass is 9.93. The van der Waals surface area contributed by atoms with Crippen molar-refractivity contribution in [2.24, 2.45) is 9.98 Å². The molecular formula is C27H33FN4O2. The van der Waals surface area contributed by atoms with Crippen molar-refractivity contribution in [1.29, 1.82) is 0 Å². The van der Waals surface area contributed by atoms with Gasteiger partial charge in [-0.15, -0.1) is 0 Å². The molecule has 4 rings (SSSR count). The Kier molecular flexibility index (Phi) is 9.24. The Labute approximate surface area is 200 Å². The van der Waals surface area contributed by atoms with Gasteiger partial charge in [-0.2, -0.15) is 0 Å². The van der Waals surface area contributed by atoms with Crippen molar-refractivity contribution in [1.82, 2.24) is 9.88 Å². The molecule has 1 aliphatic rings. The molecule has 0 aliphatic carbocycles. The van der Waals surface area contributed by atoms with Crippen LogP contribution in [0.5, 0.6) is 0 Å². The Bertz CT molecular complexity index is 1080. The van der Waals surface area contributed by atoms with Crippen LogP contribution in [0.3, 0.4) is 0 Å². The predicted octanol–water partition coefficient (Wildman–Crippen LogP) is 5.50. The molecule has 1 atom stereocenters. The Morgan fingerprint density at radius 3 is 2.32 bits per heavy atom. The number of nitrogens with zero attached hydrogens (tertiary/aromatic N) is 4. The van der Waals surface area contributed by atoms with Crippen molar-refractivity contribution in [2.45, 2.75) is 38.7 Å². The molecule has 0 radical (unpaired) electrons. The summed E-state index contributed by atoms with van der Waals surface area (Å²) in [5.74, 6) is 1.89. The van der Waals surface area contributed by atoms with Gasteiger partial charge < -0.3 is 14.4 Å². The second-order valence-electron chi connectivity index (χ2n) is 8.34. The van der Waals surface area contributed by atoms with Gasteiger partial charge in [0, 0.05) is 24.7 Å². The minimum absolute atomic E-state index is 0.280. The first-order chi connectivity index (χ1) is 16.4. The highest BCUT2D eigenvalue weighted by Crippen LogP contribution is 2.34. The van der Waals surface area contributed by atoms with Crippen LogP contribution >= 0.6 is 0 Å². The summed E-state index contributed by atoms with van der Waals surface area (Å²) < 4.78 is 19.3. The monoisotopic (exact) mass is 464 g/mol. The SMILES string of the molecule is CC(O)c1ccccc1.CC=NC(=NC)c1nc(-c2ccc(F)cc2)oc1C1CCN(C)CC1. The van der Waals surface area contributed by atoms with Crippen LogP contribution in [-0.2, 0) is 0 Å². The van der Waals surface area contributed by atoms with Crippen LogP contribution in [0.2, 0.25) is 0 Å². The van der Waals surface area contributed by atoms with Crippen molar-refractivity contribution < 1.29 is 13.9 Å². The van der Waals surface area contributed by atoms with Crippen LogP contribution in [0.15, 0.2) is 69.0 Å². The molecule has 7 heteroatoms. The Morgan fingerprint density at radius 1 is 1.15 bits per heavy atom. The molecule has 1 unspecified atom stereocenters. The number of benzene rings is 2. The van der Waals surface area contributed by atoms with Gasteiger partial charge in [-0.1, -0.05) is 30.3 Å². The van der Waals surface area contributed by atoms with Gasteiger partial charge in [0.1, 0.15) is 17.3 Å². The molecular weight excluding hydrogens is 431 g/mol. The minimum atomic E-state index is -0.341. The topological polar surface area (TPSA) is 74.2 Å². The highest BCUT2D eigenvalue weighted by atomic mass is 19.1. The Hall–Kier alpha value is -3.16. The lowest BCUT2D eigenvalue weighted by molar-refractivity contribution is 0.199. The van der Waals surface area contributed by atoms with E-state index in [2.05, 4.69) is 26.9 Å². The molecule has 34 heavy (non-hydrogen) atoms. The van der Waals surface area contributed by atoms with Crippen LogP contribution in [0.1, 0.15) is 55.7 Å². The zero-order valence-corrected chi connectivity index (χ0v) is 20.3. The molecule has 1 aliphatic heterocycles. The second kappa shape index (κ2) is 12.3. The van der Waals surface area contributed by atoms with Crippen LogP contribution < -0.4 is 0 Å². The van der Waals surface area contributed by atoms with E-state index in [4.69, 9.17) is 9.52 Å². The summed E-state index contributed by atoms with van der Waals surface area (Å²) >= 11 is 0. The number of aliphatic hydroxyl groups is 1. The van der Waals surface area contributed by atoms with Gasteiger partial charge in [-0.3, -0.25) is 4.99 Å².